The molecule has 1 aromatic heterocycles. The highest BCUT2D eigenvalue weighted by molar-refractivity contribution is 9.10. The Kier molecular flexibility index (Phi) is 5.91. The fourth-order valence-electron chi connectivity index (χ4n) is 3.38. The Labute approximate surface area is 130 Å². The lowest BCUT2D eigenvalue weighted by Gasteiger charge is -2.38. The van der Waals surface area contributed by atoms with E-state index in [1.807, 2.05) is 11.3 Å². The maximum atomic E-state index is 3.74. The van der Waals surface area contributed by atoms with Crippen LogP contribution in [0.1, 0.15) is 51.5 Å². The molecule has 108 valence electrons. The van der Waals surface area contributed by atoms with Crippen molar-refractivity contribution in [2.24, 2.45) is 17.8 Å². The third kappa shape index (κ3) is 3.83. The van der Waals surface area contributed by atoms with E-state index in [2.05, 4.69) is 52.8 Å². The zero-order chi connectivity index (χ0) is 13.8. The SMILES string of the molecule is CCNCC1CCC(C(C)C)CC1c1cscc1Br. The van der Waals surface area contributed by atoms with Crippen molar-refractivity contribution >= 4 is 27.3 Å². The molecule has 3 heteroatoms. The molecule has 1 aliphatic carbocycles. The number of hydrogen-bond donors (Lipinski definition) is 1. The van der Waals surface area contributed by atoms with Gasteiger partial charge in [-0.05, 0) is 82.9 Å². The average Bonchev–Trinajstić information content (AvgIpc) is 2.82. The smallest absolute Gasteiger partial charge is 0.0317 e. The first kappa shape index (κ1) is 15.5. The van der Waals surface area contributed by atoms with Crippen molar-refractivity contribution in [1.82, 2.24) is 5.32 Å². The van der Waals surface area contributed by atoms with Crippen molar-refractivity contribution in [3.05, 3.63) is 20.8 Å². The fraction of sp³-hybridized carbons (Fsp3) is 0.750. The predicted molar refractivity (Wildman–Crippen MR) is 89.0 cm³/mol. The molecular weight excluding hydrogens is 318 g/mol. The molecule has 1 fully saturated rings. The van der Waals surface area contributed by atoms with Crippen molar-refractivity contribution in [3.8, 4) is 0 Å². The maximum absolute atomic E-state index is 3.74. The number of rotatable bonds is 5. The molecule has 0 aromatic carbocycles. The van der Waals surface area contributed by atoms with Gasteiger partial charge in [-0.25, -0.2) is 0 Å². The van der Waals surface area contributed by atoms with Crippen molar-refractivity contribution in [3.63, 3.8) is 0 Å². The average molecular weight is 344 g/mol. The Balaban J connectivity index is 2.13. The maximum Gasteiger partial charge on any atom is 0.0317 e. The standard InChI is InChI=1S/C16H26BrNS/c1-4-18-8-13-6-5-12(11(2)3)7-14(13)15-9-19-10-16(15)17/h9-14,18H,4-8H2,1-3H3. The normalized spacial score (nSPS) is 27.9. The van der Waals surface area contributed by atoms with E-state index >= 15 is 0 Å². The zero-order valence-corrected chi connectivity index (χ0v) is 14.7. The molecule has 3 atom stereocenters. The lowest BCUT2D eigenvalue weighted by molar-refractivity contribution is 0.191. The number of halogens is 1. The molecule has 19 heavy (non-hydrogen) atoms. The topological polar surface area (TPSA) is 12.0 Å². The second-order valence-corrected chi connectivity index (χ2v) is 7.76. The van der Waals surface area contributed by atoms with Crippen LogP contribution >= 0.6 is 27.3 Å². The molecule has 0 aliphatic heterocycles. The van der Waals surface area contributed by atoms with Crippen LogP contribution in [0.4, 0.5) is 0 Å². The van der Waals surface area contributed by atoms with Gasteiger partial charge in [0.1, 0.15) is 0 Å². The van der Waals surface area contributed by atoms with Crippen LogP contribution in [0, 0.1) is 17.8 Å². The minimum absolute atomic E-state index is 0.737. The highest BCUT2D eigenvalue weighted by Gasteiger charge is 2.33. The summed E-state index contributed by atoms with van der Waals surface area (Å²) in [6.45, 7) is 9.23. The van der Waals surface area contributed by atoms with Gasteiger partial charge in [0.05, 0.1) is 0 Å². The first-order valence-corrected chi connectivity index (χ1v) is 9.29. The van der Waals surface area contributed by atoms with Crippen molar-refractivity contribution in [2.45, 2.75) is 46.0 Å². The van der Waals surface area contributed by atoms with E-state index < -0.39 is 0 Å². The van der Waals surface area contributed by atoms with E-state index in [1.165, 1.54) is 30.3 Å². The summed E-state index contributed by atoms with van der Waals surface area (Å²) >= 11 is 5.57. The third-order valence-corrected chi connectivity index (χ3v) is 6.43. The summed E-state index contributed by atoms with van der Waals surface area (Å²) in [5.74, 6) is 3.26. The zero-order valence-electron chi connectivity index (χ0n) is 12.3. The van der Waals surface area contributed by atoms with E-state index in [0.29, 0.717) is 0 Å². The molecular formula is C16H26BrNS. The first-order chi connectivity index (χ1) is 9.13. The van der Waals surface area contributed by atoms with Crippen LogP contribution in [0.2, 0.25) is 0 Å². The minimum atomic E-state index is 0.737. The first-order valence-electron chi connectivity index (χ1n) is 7.55. The van der Waals surface area contributed by atoms with Crippen LogP contribution in [0.5, 0.6) is 0 Å². The number of nitrogens with one attached hydrogen (secondary N) is 1. The van der Waals surface area contributed by atoms with Crippen LogP contribution in [-0.4, -0.2) is 13.1 Å². The summed E-state index contributed by atoms with van der Waals surface area (Å²) in [6.07, 6.45) is 4.15. The van der Waals surface area contributed by atoms with Crippen LogP contribution in [0.3, 0.4) is 0 Å². The molecule has 2 rings (SSSR count). The van der Waals surface area contributed by atoms with E-state index in [-0.39, 0.29) is 0 Å². The lowest BCUT2D eigenvalue weighted by Crippen LogP contribution is -2.33. The van der Waals surface area contributed by atoms with E-state index in [9.17, 15) is 0 Å². The molecule has 0 bridgehead atoms. The monoisotopic (exact) mass is 343 g/mol. The summed E-state index contributed by atoms with van der Waals surface area (Å²) < 4.78 is 1.33. The number of thiophene rings is 1. The van der Waals surface area contributed by atoms with Gasteiger partial charge < -0.3 is 5.32 Å². The molecule has 1 N–H and O–H groups in total. The Morgan fingerprint density at radius 2 is 2.16 bits per heavy atom. The fourth-order valence-corrected chi connectivity index (χ4v) is 5.04. The van der Waals surface area contributed by atoms with Gasteiger partial charge in [0, 0.05) is 9.85 Å². The molecule has 0 saturated heterocycles. The van der Waals surface area contributed by atoms with Gasteiger partial charge >= 0.3 is 0 Å². The molecule has 1 aliphatic rings. The van der Waals surface area contributed by atoms with Gasteiger partial charge in [-0.3, -0.25) is 0 Å². The molecule has 1 nitrogen and oxygen atoms in total. The molecule has 0 radical (unpaired) electrons. The lowest BCUT2D eigenvalue weighted by atomic mass is 9.68. The van der Waals surface area contributed by atoms with Crippen molar-refractivity contribution < 1.29 is 0 Å². The van der Waals surface area contributed by atoms with E-state index in [1.54, 1.807) is 5.56 Å². The summed E-state index contributed by atoms with van der Waals surface area (Å²) in [4.78, 5) is 0. The second kappa shape index (κ2) is 7.24. The van der Waals surface area contributed by atoms with Gasteiger partial charge in [0.15, 0.2) is 0 Å². The van der Waals surface area contributed by atoms with Crippen molar-refractivity contribution in [2.75, 3.05) is 13.1 Å². The van der Waals surface area contributed by atoms with Gasteiger partial charge in [0.25, 0.3) is 0 Å². The second-order valence-electron chi connectivity index (χ2n) is 6.17. The van der Waals surface area contributed by atoms with Gasteiger partial charge in [-0.15, -0.1) is 0 Å². The quantitative estimate of drug-likeness (QED) is 0.767. The Morgan fingerprint density at radius 1 is 1.37 bits per heavy atom. The summed E-state index contributed by atoms with van der Waals surface area (Å²) in [6, 6.07) is 0. The molecule has 3 unspecified atom stereocenters. The van der Waals surface area contributed by atoms with E-state index in [0.717, 1.165) is 30.2 Å². The minimum Gasteiger partial charge on any atom is -0.317 e. The predicted octanol–water partition coefficient (Wildman–Crippen LogP) is 5.28. The van der Waals surface area contributed by atoms with Crippen LogP contribution in [0.15, 0.2) is 15.2 Å². The van der Waals surface area contributed by atoms with Crippen LogP contribution < -0.4 is 5.32 Å². The molecule has 0 spiro atoms. The highest BCUT2D eigenvalue weighted by atomic mass is 79.9. The summed E-state index contributed by atoms with van der Waals surface area (Å²) in [5.41, 5.74) is 1.55. The molecule has 0 amide bonds. The largest absolute Gasteiger partial charge is 0.317 e. The summed E-state index contributed by atoms with van der Waals surface area (Å²) in [7, 11) is 0. The molecule has 1 saturated carbocycles. The van der Waals surface area contributed by atoms with Crippen LogP contribution in [0.25, 0.3) is 0 Å². The summed E-state index contributed by atoms with van der Waals surface area (Å²) in [5, 5.41) is 8.15. The van der Waals surface area contributed by atoms with Crippen molar-refractivity contribution in [1.29, 1.82) is 0 Å². The highest BCUT2D eigenvalue weighted by Crippen LogP contribution is 2.45. The Morgan fingerprint density at radius 3 is 2.74 bits per heavy atom. The van der Waals surface area contributed by atoms with Crippen LogP contribution in [-0.2, 0) is 0 Å². The van der Waals surface area contributed by atoms with Gasteiger partial charge in [-0.2, -0.15) is 11.3 Å². The molecule has 1 aromatic rings. The van der Waals surface area contributed by atoms with Gasteiger partial charge in [0.2, 0.25) is 0 Å². The number of hydrogen-bond acceptors (Lipinski definition) is 2. The Bertz CT molecular complexity index is 388. The van der Waals surface area contributed by atoms with Gasteiger partial charge in [-0.1, -0.05) is 20.8 Å². The molecule has 1 heterocycles. The third-order valence-electron chi connectivity index (χ3n) is 4.68. The Hall–Kier alpha value is 0.140. The van der Waals surface area contributed by atoms with E-state index in [4.69, 9.17) is 0 Å².